The van der Waals surface area contributed by atoms with Gasteiger partial charge in [0.05, 0.1) is 6.61 Å². The summed E-state index contributed by atoms with van der Waals surface area (Å²) in [5.74, 6) is 0. The van der Waals surface area contributed by atoms with E-state index in [0.29, 0.717) is 12.6 Å². The van der Waals surface area contributed by atoms with Gasteiger partial charge in [-0.1, -0.05) is 35.1 Å². The molecule has 1 aromatic carbocycles. The van der Waals surface area contributed by atoms with Crippen LogP contribution in [0.4, 0.5) is 5.13 Å². The maximum atomic E-state index is 9.24. The largest absolute Gasteiger partial charge is 0.395 e. The van der Waals surface area contributed by atoms with Crippen molar-refractivity contribution in [2.24, 2.45) is 0 Å². The van der Waals surface area contributed by atoms with Crippen molar-refractivity contribution in [3.05, 3.63) is 39.9 Å². The highest BCUT2D eigenvalue weighted by atomic mass is 35.5. The Hall–Kier alpha value is -1.17. The highest BCUT2D eigenvalue weighted by Gasteiger charge is 2.27. The van der Waals surface area contributed by atoms with Gasteiger partial charge in [0.15, 0.2) is 0 Å². The van der Waals surface area contributed by atoms with E-state index in [1.165, 1.54) is 24.8 Å². The normalized spacial score (nSPS) is 15.0. The molecule has 0 unspecified atom stereocenters. The van der Waals surface area contributed by atoms with Crippen LogP contribution in [0.25, 0.3) is 0 Å². The second kappa shape index (κ2) is 6.73. The maximum Gasteiger partial charge on any atom is 0.208 e. The second-order valence-corrected chi connectivity index (χ2v) is 6.76. The first-order chi connectivity index (χ1) is 10.3. The molecular weight excluding hydrogens is 306 g/mol. The number of aliphatic hydroxyl groups excluding tert-OH is 1. The van der Waals surface area contributed by atoms with Gasteiger partial charge in [0.2, 0.25) is 5.13 Å². The molecule has 1 saturated carbocycles. The minimum absolute atomic E-state index is 0.155. The zero-order valence-electron chi connectivity index (χ0n) is 11.7. The summed E-state index contributed by atoms with van der Waals surface area (Å²) >= 11 is 7.51. The van der Waals surface area contributed by atoms with Crippen molar-refractivity contribution in [2.45, 2.75) is 31.7 Å². The minimum Gasteiger partial charge on any atom is -0.395 e. The van der Waals surface area contributed by atoms with Gasteiger partial charge in [-0.2, -0.15) is 0 Å². The Bertz CT molecular complexity index is 583. The van der Waals surface area contributed by atoms with Crippen LogP contribution < -0.4 is 4.90 Å². The van der Waals surface area contributed by atoms with E-state index in [1.54, 1.807) is 11.3 Å². The predicted octanol–water partition coefficient (Wildman–Crippen LogP) is 3.13. The third-order valence-electron chi connectivity index (χ3n) is 3.83. The fraction of sp³-hybridized carbons (Fsp3) is 0.467. The molecule has 4 nitrogen and oxygen atoms in total. The third-order valence-corrected chi connectivity index (χ3v) is 5.04. The maximum absolute atomic E-state index is 9.24. The lowest BCUT2D eigenvalue weighted by atomic mass is 9.92. The van der Waals surface area contributed by atoms with E-state index in [1.807, 2.05) is 24.3 Å². The van der Waals surface area contributed by atoms with E-state index < -0.39 is 0 Å². The average Bonchev–Trinajstić information content (AvgIpc) is 2.87. The number of rotatable bonds is 6. The zero-order valence-corrected chi connectivity index (χ0v) is 13.3. The molecule has 21 heavy (non-hydrogen) atoms. The van der Waals surface area contributed by atoms with Crippen LogP contribution in [0.15, 0.2) is 24.3 Å². The molecule has 0 bridgehead atoms. The number of hydrogen-bond donors (Lipinski definition) is 1. The number of anilines is 1. The highest BCUT2D eigenvalue weighted by molar-refractivity contribution is 7.15. The molecule has 1 aliphatic rings. The molecule has 112 valence electrons. The highest BCUT2D eigenvalue weighted by Crippen LogP contribution is 2.31. The summed E-state index contributed by atoms with van der Waals surface area (Å²) in [5.41, 5.74) is 1.18. The van der Waals surface area contributed by atoms with Crippen LogP contribution in [0, 0.1) is 0 Å². The first-order valence-electron chi connectivity index (χ1n) is 7.20. The molecule has 0 radical (unpaired) electrons. The molecule has 1 N–H and O–H groups in total. The van der Waals surface area contributed by atoms with Gasteiger partial charge in [-0.3, -0.25) is 0 Å². The first-order valence-corrected chi connectivity index (χ1v) is 8.40. The molecule has 1 aromatic heterocycles. The summed E-state index contributed by atoms with van der Waals surface area (Å²) in [6.45, 7) is 0.794. The zero-order chi connectivity index (χ0) is 14.7. The van der Waals surface area contributed by atoms with Crippen molar-refractivity contribution in [2.75, 3.05) is 18.1 Å². The van der Waals surface area contributed by atoms with Gasteiger partial charge < -0.3 is 10.0 Å². The van der Waals surface area contributed by atoms with Crippen molar-refractivity contribution < 1.29 is 5.11 Å². The fourth-order valence-electron chi connectivity index (χ4n) is 2.45. The Labute approximate surface area is 133 Å². The van der Waals surface area contributed by atoms with Crippen LogP contribution in [-0.4, -0.2) is 34.5 Å². The van der Waals surface area contributed by atoms with Crippen LogP contribution in [0.2, 0.25) is 5.02 Å². The van der Waals surface area contributed by atoms with Crippen LogP contribution in [0.3, 0.4) is 0 Å². The predicted molar refractivity (Wildman–Crippen MR) is 86.2 cm³/mol. The van der Waals surface area contributed by atoms with E-state index in [9.17, 15) is 5.11 Å². The van der Waals surface area contributed by atoms with Crippen molar-refractivity contribution in [3.8, 4) is 0 Å². The fourth-order valence-corrected chi connectivity index (χ4v) is 3.55. The standard InChI is InChI=1S/C15H18ClN3OS/c16-12-6-4-11(5-7-12)10-14-17-18-15(21-14)19(8-9-20)13-2-1-3-13/h4-7,13,20H,1-3,8-10H2. The number of hydrogen-bond acceptors (Lipinski definition) is 5. The second-order valence-electron chi connectivity index (χ2n) is 5.28. The van der Waals surface area contributed by atoms with Gasteiger partial charge in [0.25, 0.3) is 0 Å². The summed E-state index contributed by atoms with van der Waals surface area (Å²) in [5, 5.41) is 20.5. The molecule has 1 aliphatic carbocycles. The summed E-state index contributed by atoms with van der Waals surface area (Å²) in [6, 6.07) is 8.34. The molecule has 3 rings (SSSR count). The molecule has 0 saturated heterocycles. The van der Waals surface area contributed by atoms with Gasteiger partial charge in [-0.25, -0.2) is 0 Å². The molecule has 1 heterocycles. The SMILES string of the molecule is OCCN(c1nnc(Cc2ccc(Cl)cc2)s1)C1CCC1. The van der Waals surface area contributed by atoms with E-state index in [2.05, 4.69) is 15.1 Å². The Morgan fingerprint density at radius 2 is 2.00 bits per heavy atom. The quantitative estimate of drug-likeness (QED) is 0.887. The van der Waals surface area contributed by atoms with E-state index in [-0.39, 0.29) is 6.61 Å². The van der Waals surface area contributed by atoms with Crippen molar-refractivity contribution >= 4 is 28.1 Å². The summed E-state index contributed by atoms with van der Waals surface area (Å²) in [7, 11) is 0. The van der Waals surface area contributed by atoms with Crippen LogP contribution in [-0.2, 0) is 6.42 Å². The van der Waals surface area contributed by atoms with E-state index in [4.69, 9.17) is 11.6 Å². The lowest BCUT2D eigenvalue weighted by molar-refractivity contribution is 0.283. The number of halogens is 1. The van der Waals surface area contributed by atoms with Crippen LogP contribution in [0.5, 0.6) is 0 Å². The number of benzene rings is 1. The van der Waals surface area contributed by atoms with E-state index >= 15 is 0 Å². The van der Waals surface area contributed by atoms with Crippen molar-refractivity contribution in [3.63, 3.8) is 0 Å². The molecule has 0 spiro atoms. The van der Waals surface area contributed by atoms with Gasteiger partial charge in [0.1, 0.15) is 5.01 Å². The Balaban J connectivity index is 1.70. The molecule has 2 aromatic rings. The molecule has 0 atom stereocenters. The Morgan fingerprint density at radius 1 is 1.24 bits per heavy atom. The summed E-state index contributed by atoms with van der Waals surface area (Å²) in [6.07, 6.45) is 4.41. The summed E-state index contributed by atoms with van der Waals surface area (Å²) in [4.78, 5) is 2.20. The molecular formula is C15H18ClN3OS. The van der Waals surface area contributed by atoms with Crippen molar-refractivity contribution in [1.29, 1.82) is 0 Å². The van der Waals surface area contributed by atoms with Crippen molar-refractivity contribution in [1.82, 2.24) is 10.2 Å². The van der Waals surface area contributed by atoms with Crippen LogP contribution >= 0.6 is 22.9 Å². The summed E-state index contributed by atoms with van der Waals surface area (Å²) < 4.78 is 0. The molecule has 0 amide bonds. The minimum atomic E-state index is 0.155. The molecule has 6 heteroatoms. The lowest BCUT2D eigenvalue weighted by Crippen LogP contribution is -2.41. The van der Waals surface area contributed by atoms with Gasteiger partial charge in [-0.05, 0) is 37.0 Å². The van der Waals surface area contributed by atoms with Gasteiger partial charge >= 0.3 is 0 Å². The lowest BCUT2D eigenvalue weighted by Gasteiger charge is -2.36. The third kappa shape index (κ3) is 3.54. The van der Waals surface area contributed by atoms with Gasteiger partial charge in [0, 0.05) is 24.0 Å². The van der Waals surface area contributed by atoms with E-state index in [0.717, 1.165) is 21.6 Å². The average molecular weight is 324 g/mol. The van der Waals surface area contributed by atoms with Gasteiger partial charge in [-0.15, -0.1) is 10.2 Å². The number of aromatic nitrogens is 2. The topological polar surface area (TPSA) is 49.2 Å². The smallest absolute Gasteiger partial charge is 0.208 e. The molecule has 0 aliphatic heterocycles. The Morgan fingerprint density at radius 3 is 2.62 bits per heavy atom. The number of nitrogens with zero attached hydrogens (tertiary/aromatic N) is 3. The monoisotopic (exact) mass is 323 g/mol. The molecule has 1 fully saturated rings. The first kappa shape index (κ1) is 14.8. The van der Waals surface area contributed by atoms with Crippen LogP contribution in [0.1, 0.15) is 29.8 Å². The number of aliphatic hydroxyl groups is 1. The Kier molecular flexibility index (Phi) is 4.73.